The summed E-state index contributed by atoms with van der Waals surface area (Å²) in [7, 11) is 0. The van der Waals surface area contributed by atoms with E-state index in [2.05, 4.69) is 15.0 Å². The van der Waals surface area contributed by atoms with E-state index in [0.29, 0.717) is 17.0 Å². The summed E-state index contributed by atoms with van der Waals surface area (Å²) in [6, 6.07) is 1.85. The highest BCUT2D eigenvalue weighted by Crippen LogP contribution is 2.34. The van der Waals surface area contributed by atoms with Gasteiger partial charge in [0, 0.05) is 10.9 Å². The first-order valence-corrected chi connectivity index (χ1v) is 8.15. The molecule has 1 saturated heterocycles. The zero-order valence-electron chi connectivity index (χ0n) is 12.3. The Hall–Kier alpha value is -2.14. The summed E-state index contributed by atoms with van der Waals surface area (Å²) in [4.78, 5) is 12.8. The molecule has 0 aliphatic carbocycles. The van der Waals surface area contributed by atoms with Gasteiger partial charge in [0.05, 0.1) is 12.9 Å². The molecule has 4 rings (SSSR count). The molecule has 3 aromatic heterocycles. The van der Waals surface area contributed by atoms with Crippen LogP contribution >= 0.6 is 11.3 Å². The van der Waals surface area contributed by atoms with Crippen LogP contribution in [0.4, 0.5) is 10.2 Å². The van der Waals surface area contributed by atoms with Gasteiger partial charge in [0.2, 0.25) is 0 Å². The number of imidazole rings is 1. The van der Waals surface area contributed by atoms with Gasteiger partial charge in [-0.15, -0.1) is 0 Å². The predicted molar refractivity (Wildman–Crippen MR) is 84.9 cm³/mol. The second-order valence-corrected chi connectivity index (χ2v) is 6.23. The molecule has 0 unspecified atom stereocenters. The number of hydrogen-bond donors (Lipinski definition) is 3. The third-order valence-electron chi connectivity index (χ3n) is 3.98. The number of aliphatic hydroxyl groups is 2. The number of aliphatic hydroxyl groups excluding tert-OH is 2. The number of thiophene rings is 1. The topological polar surface area (TPSA) is 119 Å². The number of halogens is 1. The van der Waals surface area contributed by atoms with Crippen LogP contribution in [-0.4, -0.2) is 54.7 Å². The molecule has 0 saturated carbocycles. The molecular weight excluding hydrogens is 337 g/mol. The Morgan fingerprint density at radius 2 is 2.25 bits per heavy atom. The molecule has 8 nitrogen and oxygen atoms in total. The molecule has 126 valence electrons. The summed E-state index contributed by atoms with van der Waals surface area (Å²) < 4.78 is 21.2. The van der Waals surface area contributed by atoms with Crippen molar-refractivity contribution < 1.29 is 19.3 Å². The van der Waals surface area contributed by atoms with E-state index in [1.54, 1.807) is 0 Å². The second kappa shape index (κ2) is 5.74. The largest absolute Gasteiger partial charge is 0.394 e. The zero-order chi connectivity index (χ0) is 16.8. The van der Waals surface area contributed by atoms with Gasteiger partial charge in [-0.25, -0.2) is 19.3 Å². The van der Waals surface area contributed by atoms with Crippen LogP contribution in [0.15, 0.2) is 23.2 Å². The molecule has 0 bridgehead atoms. The number of hydrogen-bond acceptors (Lipinski definition) is 8. The Morgan fingerprint density at radius 3 is 2.92 bits per heavy atom. The predicted octanol–water partition coefficient (Wildman–Crippen LogP) is 0.726. The van der Waals surface area contributed by atoms with Crippen LogP contribution in [0.5, 0.6) is 0 Å². The van der Waals surface area contributed by atoms with Gasteiger partial charge in [-0.1, -0.05) is 0 Å². The average Bonchev–Trinajstić information content (AvgIpc) is 3.28. The molecule has 0 spiro atoms. The third kappa shape index (κ3) is 2.26. The fourth-order valence-corrected chi connectivity index (χ4v) is 3.36. The molecule has 24 heavy (non-hydrogen) atoms. The summed E-state index contributed by atoms with van der Waals surface area (Å²) in [6.45, 7) is -0.484. The smallest absolute Gasteiger partial charge is 0.173 e. The minimum absolute atomic E-state index is 0.174. The van der Waals surface area contributed by atoms with Gasteiger partial charge >= 0.3 is 0 Å². The first kappa shape index (κ1) is 15.4. The van der Waals surface area contributed by atoms with Crippen molar-refractivity contribution in [3.63, 3.8) is 0 Å². The van der Waals surface area contributed by atoms with Crippen LogP contribution in [0.3, 0.4) is 0 Å². The van der Waals surface area contributed by atoms with Crippen LogP contribution in [-0.2, 0) is 4.74 Å². The Bertz CT molecular complexity index is 871. The number of nitrogens with two attached hydrogens (primary N) is 1. The van der Waals surface area contributed by atoms with Crippen molar-refractivity contribution in [2.45, 2.75) is 24.6 Å². The number of alkyl halides is 1. The van der Waals surface area contributed by atoms with Crippen LogP contribution in [0, 0.1) is 0 Å². The van der Waals surface area contributed by atoms with Crippen LogP contribution in [0.25, 0.3) is 22.6 Å². The molecule has 4 N–H and O–H groups in total. The summed E-state index contributed by atoms with van der Waals surface area (Å²) in [5.41, 5.74) is 7.37. The van der Waals surface area contributed by atoms with E-state index in [4.69, 9.17) is 10.5 Å². The van der Waals surface area contributed by atoms with Crippen molar-refractivity contribution in [1.29, 1.82) is 0 Å². The first-order valence-electron chi connectivity index (χ1n) is 7.21. The highest BCUT2D eigenvalue weighted by Gasteiger charge is 2.45. The van der Waals surface area contributed by atoms with Gasteiger partial charge in [0.15, 0.2) is 29.7 Å². The van der Waals surface area contributed by atoms with Gasteiger partial charge in [-0.2, -0.15) is 11.3 Å². The van der Waals surface area contributed by atoms with Gasteiger partial charge in [-0.3, -0.25) is 4.57 Å². The molecule has 3 aromatic rings. The molecule has 0 amide bonds. The van der Waals surface area contributed by atoms with Gasteiger partial charge < -0.3 is 20.7 Å². The Balaban J connectivity index is 1.82. The molecule has 10 heteroatoms. The van der Waals surface area contributed by atoms with Gasteiger partial charge in [-0.05, 0) is 11.4 Å². The molecule has 1 aliphatic rings. The number of anilines is 1. The maximum Gasteiger partial charge on any atom is 0.173 e. The summed E-state index contributed by atoms with van der Waals surface area (Å²) in [5, 5.41) is 22.7. The van der Waals surface area contributed by atoms with Gasteiger partial charge in [0.1, 0.15) is 17.7 Å². The molecule has 4 heterocycles. The van der Waals surface area contributed by atoms with E-state index in [-0.39, 0.29) is 5.82 Å². The van der Waals surface area contributed by atoms with E-state index in [9.17, 15) is 14.6 Å². The Kier molecular flexibility index (Phi) is 3.68. The molecule has 1 aliphatic heterocycles. The summed E-state index contributed by atoms with van der Waals surface area (Å²) in [6.07, 6.45) is -3.95. The minimum Gasteiger partial charge on any atom is -0.394 e. The fraction of sp³-hybridized carbons (Fsp3) is 0.357. The van der Waals surface area contributed by atoms with Crippen LogP contribution in [0.2, 0.25) is 0 Å². The highest BCUT2D eigenvalue weighted by atomic mass is 32.1. The SMILES string of the molecule is Nc1nc(-c2ccsc2)nc2c1ncn2[C@@H]1O[C@H](CO)[C@@H](O)[C@@H]1F. The number of ether oxygens (including phenoxy) is 1. The van der Waals surface area contributed by atoms with Crippen molar-refractivity contribution in [2.24, 2.45) is 0 Å². The van der Waals surface area contributed by atoms with Crippen molar-refractivity contribution >= 4 is 28.3 Å². The van der Waals surface area contributed by atoms with Crippen LogP contribution in [0.1, 0.15) is 6.23 Å². The van der Waals surface area contributed by atoms with E-state index < -0.39 is 31.2 Å². The summed E-state index contributed by atoms with van der Waals surface area (Å²) in [5.74, 6) is 0.572. The van der Waals surface area contributed by atoms with Crippen molar-refractivity contribution in [1.82, 2.24) is 19.5 Å². The maximum absolute atomic E-state index is 14.4. The third-order valence-corrected chi connectivity index (χ3v) is 4.66. The fourth-order valence-electron chi connectivity index (χ4n) is 2.72. The van der Waals surface area contributed by atoms with Gasteiger partial charge in [0.25, 0.3) is 0 Å². The quantitative estimate of drug-likeness (QED) is 0.636. The monoisotopic (exact) mass is 351 g/mol. The van der Waals surface area contributed by atoms with Crippen LogP contribution < -0.4 is 5.73 Å². The standard InChI is InChI=1S/C14H14FN5O3S/c15-8-10(22)7(3-21)23-14(8)20-5-17-9-11(16)18-12(19-13(9)20)6-1-2-24-4-6/h1-2,4-5,7-8,10,14,21-22H,3H2,(H2,16,18,19)/t7-,8+,10-,14-/m1/s1. The Morgan fingerprint density at radius 1 is 1.42 bits per heavy atom. The lowest BCUT2D eigenvalue weighted by atomic mass is 10.1. The molecule has 1 fully saturated rings. The molecule has 0 aromatic carbocycles. The zero-order valence-corrected chi connectivity index (χ0v) is 13.1. The Labute approximate surface area is 139 Å². The number of rotatable bonds is 3. The van der Waals surface area contributed by atoms with E-state index in [1.165, 1.54) is 22.2 Å². The second-order valence-electron chi connectivity index (χ2n) is 5.45. The number of nitrogens with zero attached hydrogens (tertiary/aromatic N) is 4. The lowest BCUT2D eigenvalue weighted by molar-refractivity contribution is -0.0459. The maximum atomic E-state index is 14.4. The number of fused-ring (bicyclic) bond motifs is 1. The molecule has 0 radical (unpaired) electrons. The normalized spacial score (nSPS) is 27.1. The lowest BCUT2D eigenvalue weighted by Gasteiger charge is -2.15. The van der Waals surface area contributed by atoms with E-state index in [1.807, 2.05) is 16.8 Å². The highest BCUT2D eigenvalue weighted by molar-refractivity contribution is 7.08. The first-order chi connectivity index (χ1) is 11.6. The minimum atomic E-state index is -1.72. The van der Waals surface area contributed by atoms with E-state index in [0.717, 1.165) is 5.56 Å². The van der Waals surface area contributed by atoms with E-state index >= 15 is 0 Å². The molecular formula is C14H14FN5O3S. The molecule has 4 atom stereocenters. The average molecular weight is 351 g/mol. The summed E-state index contributed by atoms with van der Waals surface area (Å²) >= 11 is 1.49. The lowest BCUT2D eigenvalue weighted by Crippen LogP contribution is -2.30. The van der Waals surface area contributed by atoms with Crippen molar-refractivity contribution in [2.75, 3.05) is 12.3 Å². The number of nitrogen functional groups attached to an aromatic ring is 1. The van der Waals surface area contributed by atoms with Crippen molar-refractivity contribution in [3.05, 3.63) is 23.2 Å². The van der Waals surface area contributed by atoms with Crippen molar-refractivity contribution in [3.8, 4) is 11.4 Å². The number of aromatic nitrogens is 4.